The second kappa shape index (κ2) is 5.87. The first-order valence-corrected chi connectivity index (χ1v) is 6.77. The predicted molar refractivity (Wildman–Crippen MR) is 86.7 cm³/mol. The Bertz CT molecular complexity index is 921. The number of hydrogen-bond acceptors (Lipinski definition) is 5. The van der Waals surface area contributed by atoms with E-state index in [4.69, 9.17) is 11.6 Å². The molecule has 0 atom stereocenters. The number of nitrogens with one attached hydrogen (secondary N) is 2. The fourth-order valence-corrected chi connectivity index (χ4v) is 2.18. The highest BCUT2D eigenvalue weighted by molar-refractivity contribution is 6.32. The first-order valence-electron chi connectivity index (χ1n) is 6.40. The number of anilines is 1. The monoisotopic (exact) mass is 314 g/mol. The van der Waals surface area contributed by atoms with Crippen LogP contribution in [0.2, 0.25) is 5.02 Å². The maximum absolute atomic E-state index is 11.3. The van der Waals surface area contributed by atoms with Crippen molar-refractivity contribution in [2.45, 2.75) is 0 Å². The van der Waals surface area contributed by atoms with Gasteiger partial charge in [-0.1, -0.05) is 41.9 Å². The summed E-state index contributed by atoms with van der Waals surface area (Å²) in [6.45, 7) is 0. The van der Waals surface area contributed by atoms with Crippen molar-refractivity contribution >= 4 is 34.3 Å². The second-order valence-corrected chi connectivity index (χ2v) is 4.89. The molecule has 0 unspecified atom stereocenters. The molecule has 0 spiro atoms. The van der Waals surface area contributed by atoms with Crippen molar-refractivity contribution in [3.8, 4) is 5.75 Å². The normalized spacial score (nSPS) is 11.1. The number of phenols is 1. The Balaban J connectivity index is 1.95. The number of aromatic hydroxyl groups is 1. The van der Waals surface area contributed by atoms with Gasteiger partial charge in [0.1, 0.15) is 16.5 Å². The first kappa shape index (κ1) is 14.1. The molecule has 1 aromatic heterocycles. The Hall–Kier alpha value is -2.86. The maximum atomic E-state index is 11.3. The molecule has 3 N–H and O–H groups in total. The topological polar surface area (TPSA) is 90.4 Å². The SMILES string of the molecule is O=c1[nH]ncc(NN=Cc2c(O)ccc3ccccc23)c1Cl. The van der Waals surface area contributed by atoms with Crippen molar-refractivity contribution in [3.63, 3.8) is 0 Å². The summed E-state index contributed by atoms with van der Waals surface area (Å²) in [5.74, 6) is 0.111. The van der Waals surface area contributed by atoms with Gasteiger partial charge in [-0.05, 0) is 16.8 Å². The highest BCUT2D eigenvalue weighted by Gasteiger charge is 2.05. The summed E-state index contributed by atoms with van der Waals surface area (Å²) in [5, 5.41) is 21.7. The highest BCUT2D eigenvalue weighted by Crippen LogP contribution is 2.25. The summed E-state index contributed by atoms with van der Waals surface area (Å²) >= 11 is 5.83. The lowest BCUT2D eigenvalue weighted by molar-refractivity contribution is 0.475. The molecule has 0 radical (unpaired) electrons. The Labute approximate surface area is 130 Å². The van der Waals surface area contributed by atoms with Crippen LogP contribution < -0.4 is 11.0 Å². The van der Waals surface area contributed by atoms with E-state index in [2.05, 4.69) is 20.7 Å². The lowest BCUT2D eigenvalue weighted by atomic mass is 10.0. The van der Waals surface area contributed by atoms with E-state index in [9.17, 15) is 9.90 Å². The van der Waals surface area contributed by atoms with Gasteiger partial charge in [0, 0.05) is 5.56 Å². The molecular formula is C15H11ClN4O2. The smallest absolute Gasteiger partial charge is 0.285 e. The average molecular weight is 315 g/mol. The lowest BCUT2D eigenvalue weighted by Gasteiger charge is -2.05. The molecule has 0 fully saturated rings. The summed E-state index contributed by atoms with van der Waals surface area (Å²) in [7, 11) is 0. The van der Waals surface area contributed by atoms with Crippen LogP contribution in [0.5, 0.6) is 5.75 Å². The zero-order valence-corrected chi connectivity index (χ0v) is 12.0. The third-order valence-electron chi connectivity index (χ3n) is 3.12. The highest BCUT2D eigenvalue weighted by atomic mass is 35.5. The van der Waals surface area contributed by atoms with Crippen LogP contribution in [0.25, 0.3) is 10.8 Å². The molecule has 6 nitrogen and oxygen atoms in total. The maximum Gasteiger partial charge on any atom is 0.285 e. The molecule has 0 amide bonds. The van der Waals surface area contributed by atoms with Gasteiger partial charge in [0.25, 0.3) is 5.56 Å². The second-order valence-electron chi connectivity index (χ2n) is 4.52. The van der Waals surface area contributed by atoms with Crippen LogP contribution in [0.3, 0.4) is 0 Å². The van der Waals surface area contributed by atoms with E-state index in [0.29, 0.717) is 5.56 Å². The molecule has 0 aliphatic carbocycles. The van der Waals surface area contributed by atoms with Crippen LogP contribution in [0.4, 0.5) is 5.69 Å². The van der Waals surface area contributed by atoms with Crippen LogP contribution in [0, 0.1) is 0 Å². The van der Waals surface area contributed by atoms with E-state index < -0.39 is 5.56 Å². The minimum atomic E-state index is -0.505. The number of aromatic nitrogens is 2. The molecule has 0 aliphatic heterocycles. The number of hydrogen-bond donors (Lipinski definition) is 3. The number of rotatable bonds is 3. The number of aromatic amines is 1. The number of phenolic OH excluding ortho intramolecular Hbond substituents is 1. The Morgan fingerprint density at radius 1 is 1.27 bits per heavy atom. The van der Waals surface area contributed by atoms with Gasteiger partial charge < -0.3 is 5.11 Å². The summed E-state index contributed by atoms with van der Waals surface area (Å²) < 4.78 is 0. The molecule has 3 rings (SSSR count). The third-order valence-corrected chi connectivity index (χ3v) is 3.50. The number of benzene rings is 2. The zero-order valence-electron chi connectivity index (χ0n) is 11.2. The van der Waals surface area contributed by atoms with Crippen molar-refractivity contribution in [2.24, 2.45) is 5.10 Å². The van der Waals surface area contributed by atoms with Crippen LogP contribution in [-0.2, 0) is 0 Å². The third kappa shape index (κ3) is 2.64. The van der Waals surface area contributed by atoms with Crippen molar-refractivity contribution in [1.82, 2.24) is 10.2 Å². The summed E-state index contributed by atoms with van der Waals surface area (Å²) in [4.78, 5) is 11.3. The van der Waals surface area contributed by atoms with E-state index in [-0.39, 0.29) is 16.5 Å². The summed E-state index contributed by atoms with van der Waals surface area (Å²) in [5.41, 5.74) is 2.98. The fraction of sp³-hybridized carbons (Fsp3) is 0. The molecule has 0 saturated heterocycles. The van der Waals surface area contributed by atoms with E-state index >= 15 is 0 Å². The number of fused-ring (bicyclic) bond motifs is 1. The van der Waals surface area contributed by atoms with Gasteiger partial charge in [-0.25, -0.2) is 5.10 Å². The van der Waals surface area contributed by atoms with Crippen molar-refractivity contribution < 1.29 is 5.11 Å². The molecular weight excluding hydrogens is 304 g/mol. The molecule has 0 bridgehead atoms. The number of nitrogens with zero attached hydrogens (tertiary/aromatic N) is 2. The van der Waals surface area contributed by atoms with Crippen molar-refractivity contribution in [1.29, 1.82) is 0 Å². The van der Waals surface area contributed by atoms with E-state index in [1.807, 2.05) is 30.3 Å². The molecule has 3 aromatic rings. The predicted octanol–water partition coefficient (Wildman–Crippen LogP) is 2.73. The molecule has 1 heterocycles. The minimum Gasteiger partial charge on any atom is -0.507 e. The van der Waals surface area contributed by atoms with Crippen LogP contribution in [0.15, 0.2) is 52.5 Å². The van der Waals surface area contributed by atoms with Gasteiger partial charge in [0.15, 0.2) is 0 Å². The quantitative estimate of drug-likeness (QED) is 0.512. The van der Waals surface area contributed by atoms with Crippen LogP contribution in [-0.4, -0.2) is 21.5 Å². The number of hydrazone groups is 1. The minimum absolute atomic E-state index is 0.0331. The first-order chi connectivity index (χ1) is 10.7. The molecule has 2 aromatic carbocycles. The van der Waals surface area contributed by atoms with Gasteiger partial charge in [-0.15, -0.1) is 0 Å². The molecule has 7 heteroatoms. The van der Waals surface area contributed by atoms with Gasteiger partial charge in [0.05, 0.1) is 12.4 Å². The largest absolute Gasteiger partial charge is 0.507 e. The molecule has 0 aliphatic rings. The fourth-order valence-electron chi connectivity index (χ4n) is 2.05. The van der Waals surface area contributed by atoms with Gasteiger partial charge in [0.2, 0.25) is 0 Å². The van der Waals surface area contributed by atoms with Crippen LogP contribution >= 0.6 is 11.6 Å². The van der Waals surface area contributed by atoms with Crippen LogP contribution in [0.1, 0.15) is 5.56 Å². The lowest BCUT2D eigenvalue weighted by Crippen LogP contribution is -2.10. The van der Waals surface area contributed by atoms with Gasteiger partial charge in [-0.2, -0.15) is 10.2 Å². The van der Waals surface area contributed by atoms with Crippen molar-refractivity contribution in [3.05, 3.63) is 63.5 Å². The Morgan fingerprint density at radius 2 is 2.09 bits per heavy atom. The molecule has 110 valence electrons. The Morgan fingerprint density at radius 3 is 2.95 bits per heavy atom. The summed E-state index contributed by atoms with van der Waals surface area (Å²) in [6, 6.07) is 11.1. The summed E-state index contributed by atoms with van der Waals surface area (Å²) in [6.07, 6.45) is 2.82. The molecule has 22 heavy (non-hydrogen) atoms. The van der Waals surface area contributed by atoms with E-state index in [1.165, 1.54) is 12.4 Å². The number of halogens is 1. The molecule has 0 saturated carbocycles. The number of H-pyrrole nitrogens is 1. The average Bonchev–Trinajstić information content (AvgIpc) is 2.53. The van der Waals surface area contributed by atoms with E-state index in [0.717, 1.165) is 10.8 Å². The standard InChI is InChI=1S/C15H11ClN4O2/c16-14-12(8-18-20-15(14)22)19-17-7-11-10-4-2-1-3-9(10)5-6-13(11)21/h1-8,21H,(H2,19,20,22). The van der Waals surface area contributed by atoms with Gasteiger partial charge in [-0.3, -0.25) is 10.2 Å². The Kier molecular flexibility index (Phi) is 3.76. The van der Waals surface area contributed by atoms with Crippen molar-refractivity contribution in [2.75, 3.05) is 5.43 Å². The zero-order chi connectivity index (χ0) is 15.5. The van der Waals surface area contributed by atoms with E-state index in [1.54, 1.807) is 6.07 Å². The van der Waals surface area contributed by atoms with Gasteiger partial charge >= 0.3 is 0 Å².